The van der Waals surface area contributed by atoms with Crippen molar-refractivity contribution < 1.29 is 0 Å². The monoisotopic (exact) mass is 545 g/mol. The molecule has 0 unspecified atom stereocenters. The molecule has 0 atom stereocenters. The summed E-state index contributed by atoms with van der Waals surface area (Å²) in [7, 11) is 0. The average molecular weight is 546 g/mol. The topological polar surface area (TPSA) is 4.93 Å². The maximum atomic E-state index is 2.41. The Balaban J connectivity index is 1.16. The minimum absolute atomic E-state index is 1.18. The predicted octanol–water partition coefficient (Wildman–Crippen LogP) is 11.6. The quantitative estimate of drug-likeness (QED) is 0.208. The van der Waals surface area contributed by atoms with Gasteiger partial charge >= 0.3 is 0 Å². The molecule has 0 aliphatic heterocycles. The van der Waals surface area contributed by atoms with Gasteiger partial charge in [0.2, 0.25) is 0 Å². The van der Waals surface area contributed by atoms with E-state index in [9.17, 15) is 0 Å². The maximum absolute atomic E-state index is 2.41. The summed E-state index contributed by atoms with van der Waals surface area (Å²) in [5, 5.41) is 10.1. The van der Waals surface area contributed by atoms with Crippen molar-refractivity contribution in [3.8, 4) is 27.9 Å². The third-order valence-electron chi connectivity index (χ3n) is 8.92. The molecular formula is C42H27N. The minimum atomic E-state index is 1.18. The summed E-state index contributed by atoms with van der Waals surface area (Å²) < 4.78 is 2.41. The number of hydrogen-bond donors (Lipinski definition) is 0. The zero-order valence-electron chi connectivity index (χ0n) is 23.5. The standard InChI is InChI=1S/C42H27N/c1-3-9-30-23-32(15-13-28(30)7-1)33-17-18-36-26-38(21-19-35(36)25-33)43-41-12-6-5-11-39(41)40-27-37(20-22-42(40)43)34-16-14-29-8-2-4-10-31(29)24-34/h1-27H. The van der Waals surface area contributed by atoms with Crippen LogP contribution in [-0.4, -0.2) is 4.57 Å². The smallest absolute Gasteiger partial charge is 0.0541 e. The van der Waals surface area contributed by atoms with Crippen molar-refractivity contribution in [1.82, 2.24) is 4.57 Å². The molecule has 1 nitrogen and oxygen atoms in total. The summed E-state index contributed by atoms with van der Waals surface area (Å²) >= 11 is 0. The van der Waals surface area contributed by atoms with Gasteiger partial charge in [-0.3, -0.25) is 0 Å². The molecule has 0 saturated heterocycles. The van der Waals surface area contributed by atoms with Crippen molar-refractivity contribution in [3.63, 3.8) is 0 Å². The molecule has 0 fully saturated rings. The van der Waals surface area contributed by atoms with Gasteiger partial charge in [-0.1, -0.05) is 115 Å². The molecule has 8 aromatic carbocycles. The number of para-hydroxylation sites is 1. The first-order valence-electron chi connectivity index (χ1n) is 14.8. The van der Waals surface area contributed by atoms with Crippen molar-refractivity contribution in [2.75, 3.05) is 0 Å². The fourth-order valence-corrected chi connectivity index (χ4v) is 6.72. The van der Waals surface area contributed by atoms with E-state index in [1.54, 1.807) is 0 Å². The average Bonchev–Trinajstić information content (AvgIpc) is 3.41. The van der Waals surface area contributed by atoms with Gasteiger partial charge in [-0.05, 0) is 103 Å². The van der Waals surface area contributed by atoms with Crippen molar-refractivity contribution >= 4 is 54.1 Å². The van der Waals surface area contributed by atoms with Crippen LogP contribution in [0.15, 0.2) is 164 Å². The van der Waals surface area contributed by atoms with Crippen molar-refractivity contribution in [3.05, 3.63) is 164 Å². The first-order chi connectivity index (χ1) is 21.3. The van der Waals surface area contributed by atoms with Crippen molar-refractivity contribution in [2.24, 2.45) is 0 Å². The van der Waals surface area contributed by atoms with Gasteiger partial charge in [-0.15, -0.1) is 0 Å². The third kappa shape index (κ3) is 3.94. The normalized spacial score (nSPS) is 11.7. The Morgan fingerprint density at radius 3 is 1.40 bits per heavy atom. The number of hydrogen-bond acceptors (Lipinski definition) is 0. The Labute approximate surface area is 249 Å². The molecule has 9 rings (SSSR count). The van der Waals surface area contributed by atoms with Gasteiger partial charge in [0.1, 0.15) is 0 Å². The highest BCUT2D eigenvalue weighted by atomic mass is 15.0. The third-order valence-corrected chi connectivity index (χ3v) is 8.92. The summed E-state index contributed by atoms with van der Waals surface area (Å²) in [6.07, 6.45) is 0. The van der Waals surface area contributed by atoms with E-state index in [1.165, 1.54) is 82.1 Å². The number of rotatable bonds is 3. The molecule has 0 bridgehead atoms. The van der Waals surface area contributed by atoms with E-state index in [0.29, 0.717) is 0 Å². The van der Waals surface area contributed by atoms with E-state index < -0.39 is 0 Å². The lowest BCUT2D eigenvalue weighted by Crippen LogP contribution is -1.94. The molecule has 1 heterocycles. The molecule has 0 N–H and O–H groups in total. The van der Waals surface area contributed by atoms with E-state index >= 15 is 0 Å². The van der Waals surface area contributed by atoms with Crippen molar-refractivity contribution in [1.29, 1.82) is 0 Å². The van der Waals surface area contributed by atoms with Crippen LogP contribution in [0, 0.1) is 0 Å². The molecule has 43 heavy (non-hydrogen) atoms. The SMILES string of the molecule is c1ccc2cc(-c3ccc4cc(-n5c6ccccc6c6cc(-c7ccc8ccccc8c7)ccc65)ccc4c3)ccc2c1. The molecule has 0 spiro atoms. The highest BCUT2D eigenvalue weighted by Crippen LogP contribution is 2.36. The summed E-state index contributed by atoms with van der Waals surface area (Å²) in [6, 6.07) is 59.9. The molecule has 0 radical (unpaired) electrons. The van der Waals surface area contributed by atoms with E-state index in [0.717, 1.165) is 0 Å². The van der Waals surface area contributed by atoms with E-state index in [2.05, 4.69) is 168 Å². The molecular weight excluding hydrogens is 518 g/mol. The first-order valence-corrected chi connectivity index (χ1v) is 14.8. The van der Waals surface area contributed by atoms with Crippen LogP contribution in [0.1, 0.15) is 0 Å². The number of benzene rings is 8. The molecule has 9 aromatic rings. The van der Waals surface area contributed by atoms with Crippen LogP contribution in [0.4, 0.5) is 0 Å². The number of fused-ring (bicyclic) bond motifs is 6. The molecule has 0 saturated carbocycles. The van der Waals surface area contributed by atoms with E-state index in [-0.39, 0.29) is 0 Å². The Morgan fingerprint density at radius 1 is 0.279 bits per heavy atom. The van der Waals surface area contributed by atoms with Crippen LogP contribution in [0.2, 0.25) is 0 Å². The highest BCUT2D eigenvalue weighted by molar-refractivity contribution is 6.11. The summed E-state index contributed by atoms with van der Waals surface area (Å²) in [4.78, 5) is 0. The largest absolute Gasteiger partial charge is 0.309 e. The van der Waals surface area contributed by atoms with Gasteiger partial charge in [-0.2, -0.15) is 0 Å². The van der Waals surface area contributed by atoms with Crippen LogP contribution in [-0.2, 0) is 0 Å². The second-order valence-electron chi connectivity index (χ2n) is 11.5. The van der Waals surface area contributed by atoms with Gasteiger partial charge in [0.25, 0.3) is 0 Å². The lowest BCUT2D eigenvalue weighted by Gasteiger charge is -2.11. The predicted molar refractivity (Wildman–Crippen MR) is 184 cm³/mol. The molecule has 200 valence electrons. The molecule has 1 heteroatoms. The van der Waals surface area contributed by atoms with Crippen LogP contribution in [0.25, 0.3) is 82.1 Å². The van der Waals surface area contributed by atoms with Crippen LogP contribution < -0.4 is 0 Å². The van der Waals surface area contributed by atoms with Crippen LogP contribution in [0.5, 0.6) is 0 Å². The fraction of sp³-hybridized carbons (Fsp3) is 0. The highest BCUT2D eigenvalue weighted by Gasteiger charge is 2.14. The maximum Gasteiger partial charge on any atom is 0.0541 e. The Hall–Kier alpha value is -5.66. The summed E-state index contributed by atoms with van der Waals surface area (Å²) in [5.41, 5.74) is 8.58. The van der Waals surface area contributed by atoms with E-state index in [1.807, 2.05) is 0 Å². The number of aromatic nitrogens is 1. The summed E-state index contributed by atoms with van der Waals surface area (Å²) in [6.45, 7) is 0. The lowest BCUT2D eigenvalue weighted by molar-refractivity contribution is 1.19. The van der Waals surface area contributed by atoms with Gasteiger partial charge in [0.15, 0.2) is 0 Å². The molecule has 0 aliphatic carbocycles. The zero-order valence-corrected chi connectivity index (χ0v) is 23.5. The van der Waals surface area contributed by atoms with Crippen molar-refractivity contribution in [2.45, 2.75) is 0 Å². The Kier molecular flexibility index (Phi) is 5.27. The number of nitrogens with zero attached hydrogens (tertiary/aromatic N) is 1. The lowest BCUT2D eigenvalue weighted by atomic mass is 9.98. The zero-order chi connectivity index (χ0) is 28.3. The fourth-order valence-electron chi connectivity index (χ4n) is 6.72. The minimum Gasteiger partial charge on any atom is -0.309 e. The molecule has 1 aromatic heterocycles. The second kappa shape index (κ2) is 9.44. The van der Waals surface area contributed by atoms with Gasteiger partial charge < -0.3 is 4.57 Å². The Morgan fingerprint density at radius 2 is 0.721 bits per heavy atom. The Bertz CT molecular complexity index is 2510. The molecule has 0 amide bonds. The van der Waals surface area contributed by atoms with Gasteiger partial charge in [0.05, 0.1) is 11.0 Å². The van der Waals surface area contributed by atoms with E-state index in [4.69, 9.17) is 0 Å². The first kappa shape index (κ1) is 24.0. The molecule has 0 aliphatic rings. The van der Waals surface area contributed by atoms with Gasteiger partial charge in [-0.25, -0.2) is 0 Å². The second-order valence-corrected chi connectivity index (χ2v) is 11.5. The summed E-state index contributed by atoms with van der Waals surface area (Å²) in [5.74, 6) is 0. The van der Waals surface area contributed by atoms with Crippen LogP contribution in [0.3, 0.4) is 0 Å². The van der Waals surface area contributed by atoms with Crippen LogP contribution >= 0.6 is 0 Å². The van der Waals surface area contributed by atoms with Gasteiger partial charge in [0, 0.05) is 16.5 Å².